The number of hydrogen-bond donors (Lipinski definition) is 0. The van der Waals surface area contributed by atoms with E-state index in [0.29, 0.717) is 5.02 Å². The smallest absolute Gasteiger partial charge is 0.213 e. The van der Waals surface area contributed by atoms with E-state index in [9.17, 15) is 4.39 Å². The van der Waals surface area contributed by atoms with Crippen LogP contribution in [0.1, 0.15) is 35.4 Å². The second-order valence-electron chi connectivity index (χ2n) is 6.72. The average molecular weight is 379 g/mol. The van der Waals surface area contributed by atoms with Crippen LogP contribution in [0.15, 0.2) is 77.9 Å². The normalized spacial score (nSPS) is 20.5. The third-order valence-corrected chi connectivity index (χ3v) is 5.25. The van der Waals surface area contributed by atoms with Crippen molar-refractivity contribution in [2.24, 2.45) is 5.10 Å². The van der Waals surface area contributed by atoms with Crippen molar-refractivity contribution in [1.82, 2.24) is 5.01 Å². The first-order chi connectivity index (χ1) is 13.2. The van der Waals surface area contributed by atoms with Crippen LogP contribution in [0.4, 0.5) is 4.39 Å². The molecule has 3 nitrogen and oxygen atoms in total. The van der Waals surface area contributed by atoms with Crippen LogP contribution in [0.25, 0.3) is 0 Å². The van der Waals surface area contributed by atoms with Crippen molar-refractivity contribution in [2.45, 2.75) is 18.7 Å². The van der Waals surface area contributed by atoms with Crippen LogP contribution in [0.2, 0.25) is 5.02 Å². The molecule has 0 unspecified atom stereocenters. The van der Waals surface area contributed by atoms with Crippen LogP contribution in [0.3, 0.4) is 0 Å². The Balaban J connectivity index is 1.61. The molecule has 0 N–H and O–H groups in total. The summed E-state index contributed by atoms with van der Waals surface area (Å²) >= 11 is 6.24. The third kappa shape index (κ3) is 2.86. The SMILES string of the molecule is Fc1ccc([C@H]2Oc3ccc(Cl)cc3[C@@H]3CC(c4ccccc4)=NN23)cc1. The van der Waals surface area contributed by atoms with E-state index >= 15 is 0 Å². The molecule has 2 atom stereocenters. The van der Waals surface area contributed by atoms with Crippen molar-refractivity contribution >= 4 is 17.3 Å². The summed E-state index contributed by atoms with van der Waals surface area (Å²) in [4.78, 5) is 0. The number of hydrogen-bond acceptors (Lipinski definition) is 3. The summed E-state index contributed by atoms with van der Waals surface area (Å²) in [6, 6.07) is 22.2. The van der Waals surface area contributed by atoms with Crippen LogP contribution in [0.5, 0.6) is 5.75 Å². The molecule has 0 fully saturated rings. The second kappa shape index (κ2) is 6.39. The zero-order valence-electron chi connectivity index (χ0n) is 14.3. The molecule has 0 saturated heterocycles. The fourth-order valence-corrected chi connectivity index (χ4v) is 3.89. The zero-order valence-corrected chi connectivity index (χ0v) is 15.1. The first-order valence-corrected chi connectivity index (χ1v) is 9.19. The Morgan fingerprint density at radius 1 is 1.00 bits per heavy atom. The van der Waals surface area contributed by atoms with Crippen molar-refractivity contribution in [2.75, 3.05) is 0 Å². The molecule has 134 valence electrons. The van der Waals surface area contributed by atoms with Gasteiger partial charge >= 0.3 is 0 Å². The lowest BCUT2D eigenvalue weighted by Crippen LogP contribution is -2.33. The summed E-state index contributed by atoms with van der Waals surface area (Å²) in [5.41, 5.74) is 3.98. The molecule has 5 rings (SSSR count). The Labute approximate surface area is 161 Å². The summed E-state index contributed by atoms with van der Waals surface area (Å²) < 4.78 is 19.6. The fraction of sp³-hybridized carbons (Fsp3) is 0.136. The first kappa shape index (κ1) is 16.3. The average Bonchev–Trinajstić information content (AvgIpc) is 3.15. The zero-order chi connectivity index (χ0) is 18.4. The van der Waals surface area contributed by atoms with E-state index in [4.69, 9.17) is 21.4 Å². The van der Waals surface area contributed by atoms with E-state index < -0.39 is 6.23 Å². The minimum atomic E-state index is -0.412. The molecule has 0 bridgehead atoms. The van der Waals surface area contributed by atoms with Gasteiger partial charge in [0.25, 0.3) is 0 Å². The van der Waals surface area contributed by atoms with Gasteiger partial charge in [0.1, 0.15) is 11.6 Å². The van der Waals surface area contributed by atoms with Gasteiger partial charge in [-0.1, -0.05) is 54.1 Å². The summed E-state index contributed by atoms with van der Waals surface area (Å²) in [5.74, 6) is 0.521. The Morgan fingerprint density at radius 3 is 2.56 bits per heavy atom. The standard InChI is InChI=1S/C22H16ClFN2O/c23-16-8-11-21-18(12-16)20-13-19(14-4-2-1-3-5-14)25-26(20)22(27-21)15-6-9-17(24)10-7-15/h1-12,20,22H,13H2/t20-,22+/m0/s1. The maximum Gasteiger partial charge on any atom is 0.213 e. The number of halogens is 2. The lowest BCUT2D eigenvalue weighted by Gasteiger charge is -2.38. The van der Waals surface area contributed by atoms with Crippen LogP contribution in [-0.2, 0) is 0 Å². The molecule has 0 saturated carbocycles. The van der Waals surface area contributed by atoms with Crippen LogP contribution >= 0.6 is 11.6 Å². The van der Waals surface area contributed by atoms with Crippen LogP contribution in [-0.4, -0.2) is 10.7 Å². The molecule has 0 aliphatic carbocycles. The predicted molar refractivity (Wildman–Crippen MR) is 103 cm³/mol. The highest BCUT2D eigenvalue weighted by Crippen LogP contribution is 2.48. The van der Waals surface area contributed by atoms with Gasteiger partial charge in [0, 0.05) is 22.6 Å². The molecule has 2 heterocycles. The van der Waals surface area contributed by atoms with Gasteiger partial charge in [-0.15, -0.1) is 0 Å². The molecular formula is C22H16ClFN2O. The maximum absolute atomic E-state index is 13.4. The summed E-state index contributed by atoms with van der Waals surface area (Å²) in [6.45, 7) is 0. The largest absolute Gasteiger partial charge is 0.464 e. The van der Waals surface area contributed by atoms with Crippen molar-refractivity contribution in [3.8, 4) is 5.75 Å². The summed E-state index contributed by atoms with van der Waals surface area (Å²) in [5, 5.41) is 7.52. The Bertz CT molecular complexity index is 1020. The molecule has 3 aromatic carbocycles. The van der Waals surface area contributed by atoms with Gasteiger partial charge in [0.2, 0.25) is 6.23 Å². The Morgan fingerprint density at radius 2 is 1.78 bits per heavy atom. The van der Waals surface area contributed by atoms with Crippen molar-refractivity contribution in [3.63, 3.8) is 0 Å². The molecule has 0 radical (unpaired) electrons. The Hall–Kier alpha value is -2.85. The highest BCUT2D eigenvalue weighted by molar-refractivity contribution is 6.30. The third-order valence-electron chi connectivity index (χ3n) is 5.01. The monoisotopic (exact) mass is 378 g/mol. The van der Waals surface area contributed by atoms with E-state index in [2.05, 4.69) is 12.1 Å². The molecule has 5 heteroatoms. The van der Waals surface area contributed by atoms with Crippen LogP contribution in [0, 0.1) is 5.82 Å². The van der Waals surface area contributed by atoms with Gasteiger partial charge in [-0.05, 0) is 35.9 Å². The molecule has 2 aliphatic rings. The Kier molecular flexibility index (Phi) is 3.87. The van der Waals surface area contributed by atoms with Crippen molar-refractivity contribution in [1.29, 1.82) is 0 Å². The van der Waals surface area contributed by atoms with Gasteiger partial charge in [0.05, 0.1) is 11.8 Å². The van der Waals surface area contributed by atoms with E-state index in [1.165, 1.54) is 12.1 Å². The number of nitrogens with zero attached hydrogens (tertiary/aromatic N) is 2. The number of rotatable bonds is 2. The molecule has 0 aromatic heterocycles. The highest BCUT2D eigenvalue weighted by atomic mass is 35.5. The van der Waals surface area contributed by atoms with E-state index in [0.717, 1.165) is 34.6 Å². The van der Waals surface area contributed by atoms with E-state index in [1.54, 1.807) is 12.1 Å². The minimum absolute atomic E-state index is 0.0257. The number of hydrazone groups is 1. The summed E-state index contributed by atoms with van der Waals surface area (Å²) in [6.07, 6.45) is 0.351. The second-order valence-corrected chi connectivity index (χ2v) is 7.15. The van der Waals surface area contributed by atoms with Gasteiger partial charge in [-0.25, -0.2) is 9.40 Å². The van der Waals surface area contributed by atoms with Crippen LogP contribution < -0.4 is 4.74 Å². The number of benzene rings is 3. The van der Waals surface area contributed by atoms with Gasteiger partial charge in [-0.3, -0.25) is 0 Å². The molecule has 0 amide bonds. The fourth-order valence-electron chi connectivity index (χ4n) is 3.71. The topological polar surface area (TPSA) is 24.8 Å². The maximum atomic E-state index is 13.4. The van der Waals surface area contributed by atoms with E-state index in [1.807, 2.05) is 41.4 Å². The lowest BCUT2D eigenvalue weighted by molar-refractivity contribution is -0.0190. The quantitative estimate of drug-likeness (QED) is 0.569. The van der Waals surface area contributed by atoms with Gasteiger partial charge in [-0.2, -0.15) is 5.10 Å². The molecule has 3 aromatic rings. The predicted octanol–water partition coefficient (Wildman–Crippen LogP) is 5.72. The van der Waals surface area contributed by atoms with E-state index in [-0.39, 0.29) is 11.9 Å². The summed E-state index contributed by atoms with van der Waals surface area (Å²) in [7, 11) is 0. The lowest BCUT2D eigenvalue weighted by atomic mass is 9.96. The first-order valence-electron chi connectivity index (χ1n) is 8.82. The van der Waals surface area contributed by atoms with Gasteiger partial charge in [0.15, 0.2) is 0 Å². The van der Waals surface area contributed by atoms with Crippen molar-refractivity contribution in [3.05, 3.63) is 100 Å². The number of ether oxygens (including phenoxy) is 1. The number of fused-ring (bicyclic) bond motifs is 3. The van der Waals surface area contributed by atoms with Gasteiger partial charge < -0.3 is 4.74 Å². The molecule has 2 aliphatic heterocycles. The van der Waals surface area contributed by atoms with Crippen molar-refractivity contribution < 1.29 is 9.13 Å². The minimum Gasteiger partial charge on any atom is -0.464 e. The molecular weight excluding hydrogens is 363 g/mol. The molecule has 27 heavy (non-hydrogen) atoms. The highest BCUT2D eigenvalue weighted by Gasteiger charge is 2.41. The molecule has 0 spiro atoms.